The number of aliphatic hydroxyl groups excluding tert-OH is 1. The maximum atomic E-state index is 12.7. The van der Waals surface area contributed by atoms with Gasteiger partial charge in [0, 0.05) is 12.8 Å². The highest BCUT2D eigenvalue weighted by atomic mass is 16.4. The minimum Gasteiger partial charge on any atom is -0.480 e. The lowest BCUT2D eigenvalue weighted by molar-refractivity contribution is -0.143. The summed E-state index contributed by atoms with van der Waals surface area (Å²) in [5.41, 5.74) is 11.0. The zero-order valence-electron chi connectivity index (χ0n) is 17.6. The van der Waals surface area contributed by atoms with Crippen molar-refractivity contribution in [3.8, 4) is 0 Å². The van der Waals surface area contributed by atoms with E-state index in [0.29, 0.717) is 5.56 Å². The zero-order chi connectivity index (χ0) is 24.3. The fraction of sp³-hybridized carbons (Fsp3) is 0.450. The summed E-state index contributed by atoms with van der Waals surface area (Å²) in [7, 11) is 0. The van der Waals surface area contributed by atoms with E-state index in [0.717, 1.165) is 0 Å². The van der Waals surface area contributed by atoms with Gasteiger partial charge in [0.1, 0.15) is 18.1 Å². The number of nitrogens with one attached hydrogen (secondary N) is 3. The van der Waals surface area contributed by atoms with Crippen LogP contribution in [0.3, 0.4) is 0 Å². The summed E-state index contributed by atoms with van der Waals surface area (Å²) in [5, 5.41) is 26.3. The van der Waals surface area contributed by atoms with Crippen LogP contribution < -0.4 is 27.4 Å². The van der Waals surface area contributed by atoms with Crippen LogP contribution in [0.4, 0.5) is 0 Å². The van der Waals surface area contributed by atoms with E-state index in [1.54, 1.807) is 30.3 Å². The molecule has 1 aromatic rings. The summed E-state index contributed by atoms with van der Waals surface area (Å²) in [5.74, 6) is -4.49. The number of benzene rings is 1. The quantitative estimate of drug-likeness (QED) is 0.168. The fourth-order valence-corrected chi connectivity index (χ4v) is 2.78. The molecular weight excluding hydrogens is 422 g/mol. The fourth-order valence-electron chi connectivity index (χ4n) is 2.78. The number of carbonyl (C=O) groups excluding carboxylic acids is 4. The van der Waals surface area contributed by atoms with Gasteiger partial charge in [0.25, 0.3) is 0 Å². The molecule has 4 atom stereocenters. The maximum Gasteiger partial charge on any atom is 0.326 e. The molecule has 12 nitrogen and oxygen atoms in total. The number of hydrogen-bond acceptors (Lipinski definition) is 7. The topological polar surface area (TPSA) is 214 Å². The summed E-state index contributed by atoms with van der Waals surface area (Å²) in [6.07, 6.45) is -1.80. The van der Waals surface area contributed by atoms with E-state index in [1.165, 1.54) is 6.92 Å². The minimum atomic E-state index is -1.52. The Hall–Kier alpha value is -3.51. The first kappa shape index (κ1) is 26.5. The molecule has 0 radical (unpaired) electrons. The molecule has 1 rings (SSSR count). The van der Waals surface area contributed by atoms with Crippen LogP contribution in [-0.4, -0.2) is 70.6 Å². The van der Waals surface area contributed by atoms with Crippen molar-refractivity contribution in [3.05, 3.63) is 35.9 Å². The van der Waals surface area contributed by atoms with Gasteiger partial charge in [0.05, 0.1) is 12.6 Å². The Morgan fingerprint density at radius 1 is 0.969 bits per heavy atom. The van der Waals surface area contributed by atoms with Gasteiger partial charge in [-0.3, -0.25) is 19.2 Å². The molecule has 4 unspecified atom stereocenters. The predicted octanol–water partition coefficient (Wildman–Crippen LogP) is -2.63. The molecule has 176 valence electrons. The second kappa shape index (κ2) is 13.0. The molecule has 0 saturated carbocycles. The summed E-state index contributed by atoms with van der Waals surface area (Å²) < 4.78 is 0. The van der Waals surface area contributed by atoms with Crippen molar-refractivity contribution < 1.29 is 34.2 Å². The molecule has 0 fully saturated rings. The average molecular weight is 451 g/mol. The van der Waals surface area contributed by atoms with Crippen LogP contribution in [0.5, 0.6) is 0 Å². The van der Waals surface area contributed by atoms with Crippen molar-refractivity contribution >= 4 is 29.6 Å². The molecule has 0 aliphatic heterocycles. The number of rotatable bonds is 13. The molecular formula is C20H29N5O7. The van der Waals surface area contributed by atoms with Gasteiger partial charge in [-0.1, -0.05) is 30.3 Å². The summed E-state index contributed by atoms with van der Waals surface area (Å²) in [6.45, 7) is 0.814. The number of hydrogen-bond donors (Lipinski definition) is 7. The first-order chi connectivity index (χ1) is 15.0. The number of aliphatic carboxylic acids is 1. The first-order valence-electron chi connectivity index (χ1n) is 9.88. The molecule has 0 spiro atoms. The van der Waals surface area contributed by atoms with Gasteiger partial charge in [0.15, 0.2) is 0 Å². The van der Waals surface area contributed by atoms with Crippen molar-refractivity contribution in [1.29, 1.82) is 0 Å². The van der Waals surface area contributed by atoms with E-state index in [2.05, 4.69) is 16.0 Å². The molecule has 0 aliphatic rings. The van der Waals surface area contributed by atoms with Crippen molar-refractivity contribution in [1.82, 2.24) is 16.0 Å². The van der Waals surface area contributed by atoms with E-state index in [4.69, 9.17) is 11.5 Å². The van der Waals surface area contributed by atoms with Gasteiger partial charge in [-0.25, -0.2) is 4.79 Å². The first-order valence-corrected chi connectivity index (χ1v) is 9.88. The number of aliphatic hydroxyl groups is 1. The van der Waals surface area contributed by atoms with Gasteiger partial charge in [-0.2, -0.15) is 0 Å². The standard InChI is InChI=1S/C20H29N5O7/c1-11(26)17(25-18(29)13(7-8-15(22)27)23-16(28)10-21)19(30)24-14(20(31)32)9-12-5-3-2-4-6-12/h2-6,11,13-14,17,26H,7-10,21H2,1H3,(H2,22,27)(H,23,28)(H,24,30)(H,25,29)(H,31,32). The SMILES string of the molecule is CC(O)C(NC(=O)C(CCC(N)=O)NC(=O)CN)C(=O)NC(Cc1ccccc1)C(=O)O. The molecule has 0 saturated heterocycles. The molecule has 0 bridgehead atoms. The molecule has 4 amide bonds. The minimum absolute atomic E-state index is 0.0177. The molecule has 32 heavy (non-hydrogen) atoms. The normalized spacial score (nSPS) is 14.3. The van der Waals surface area contributed by atoms with Crippen LogP contribution in [0.25, 0.3) is 0 Å². The number of nitrogens with two attached hydrogens (primary N) is 2. The smallest absolute Gasteiger partial charge is 0.326 e. The monoisotopic (exact) mass is 451 g/mol. The third kappa shape index (κ3) is 9.10. The van der Waals surface area contributed by atoms with E-state index in [9.17, 15) is 34.2 Å². The van der Waals surface area contributed by atoms with Crippen LogP contribution in [0.15, 0.2) is 30.3 Å². The Morgan fingerprint density at radius 2 is 1.59 bits per heavy atom. The lowest BCUT2D eigenvalue weighted by Crippen LogP contribution is -2.59. The van der Waals surface area contributed by atoms with Crippen molar-refractivity contribution in [2.24, 2.45) is 11.5 Å². The maximum absolute atomic E-state index is 12.7. The highest BCUT2D eigenvalue weighted by Gasteiger charge is 2.32. The van der Waals surface area contributed by atoms with E-state index in [1.807, 2.05) is 0 Å². The molecule has 0 heterocycles. The molecule has 0 aliphatic carbocycles. The second-order valence-corrected chi connectivity index (χ2v) is 7.15. The third-order valence-corrected chi connectivity index (χ3v) is 4.48. The molecule has 12 heteroatoms. The van der Waals surface area contributed by atoms with Crippen LogP contribution in [0, 0.1) is 0 Å². The number of primary amides is 1. The van der Waals surface area contributed by atoms with E-state index < -0.39 is 60.4 Å². The van der Waals surface area contributed by atoms with E-state index in [-0.39, 0.29) is 19.3 Å². The van der Waals surface area contributed by atoms with Crippen molar-refractivity contribution in [3.63, 3.8) is 0 Å². The predicted molar refractivity (Wildman–Crippen MR) is 113 cm³/mol. The Kier molecular flexibility index (Phi) is 10.8. The van der Waals surface area contributed by atoms with Gasteiger partial charge in [-0.05, 0) is 18.9 Å². The summed E-state index contributed by atoms with van der Waals surface area (Å²) in [4.78, 5) is 59.5. The summed E-state index contributed by atoms with van der Waals surface area (Å²) in [6, 6.07) is 4.50. The van der Waals surface area contributed by atoms with E-state index >= 15 is 0 Å². The number of amides is 4. The lowest BCUT2D eigenvalue weighted by atomic mass is 10.0. The van der Waals surface area contributed by atoms with Gasteiger partial charge in [0.2, 0.25) is 23.6 Å². The van der Waals surface area contributed by atoms with Gasteiger partial charge >= 0.3 is 5.97 Å². The lowest BCUT2D eigenvalue weighted by Gasteiger charge is -2.26. The highest BCUT2D eigenvalue weighted by molar-refractivity contribution is 5.94. The third-order valence-electron chi connectivity index (χ3n) is 4.48. The highest BCUT2D eigenvalue weighted by Crippen LogP contribution is 2.06. The molecule has 0 aromatic heterocycles. The van der Waals surface area contributed by atoms with Crippen molar-refractivity contribution in [2.45, 2.75) is 50.4 Å². The average Bonchev–Trinajstić information content (AvgIpc) is 2.74. The van der Waals surface area contributed by atoms with Crippen LogP contribution in [0.2, 0.25) is 0 Å². The van der Waals surface area contributed by atoms with Crippen molar-refractivity contribution in [2.75, 3.05) is 6.54 Å². The van der Waals surface area contributed by atoms with Crippen LogP contribution in [0.1, 0.15) is 25.3 Å². The number of carbonyl (C=O) groups is 5. The Morgan fingerprint density at radius 3 is 2.09 bits per heavy atom. The Bertz CT molecular complexity index is 816. The Labute approximate surface area is 184 Å². The van der Waals surface area contributed by atoms with Gasteiger partial charge in [-0.15, -0.1) is 0 Å². The van der Waals surface area contributed by atoms with Crippen LogP contribution in [-0.2, 0) is 30.4 Å². The summed E-state index contributed by atoms with van der Waals surface area (Å²) >= 11 is 0. The number of carboxylic acid groups (broad SMARTS) is 1. The molecule has 1 aromatic carbocycles. The largest absolute Gasteiger partial charge is 0.480 e. The second-order valence-electron chi connectivity index (χ2n) is 7.15. The van der Waals surface area contributed by atoms with Gasteiger partial charge < -0.3 is 37.6 Å². The Balaban J connectivity index is 2.92. The zero-order valence-corrected chi connectivity index (χ0v) is 17.6. The molecule has 9 N–H and O–H groups in total. The van der Waals surface area contributed by atoms with Crippen LogP contribution >= 0.6 is 0 Å². The number of carboxylic acids is 1.